The minimum atomic E-state index is -0.102. The van der Waals surface area contributed by atoms with Gasteiger partial charge in [-0.15, -0.1) is 0 Å². The molecule has 1 aliphatic carbocycles. The molecule has 4 nitrogen and oxygen atoms in total. The van der Waals surface area contributed by atoms with Crippen molar-refractivity contribution < 1.29 is 9.90 Å². The molecular weight excluding hydrogens is 252 g/mol. The highest BCUT2D eigenvalue weighted by Crippen LogP contribution is 2.36. The Balaban J connectivity index is 1.91. The van der Waals surface area contributed by atoms with E-state index in [2.05, 4.69) is 5.32 Å². The van der Waals surface area contributed by atoms with Crippen LogP contribution in [-0.4, -0.2) is 30.7 Å². The fourth-order valence-electron chi connectivity index (χ4n) is 2.88. The summed E-state index contributed by atoms with van der Waals surface area (Å²) in [4.78, 5) is 12.1. The van der Waals surface area contributed by atoms with Gasteiger partial charge in [-0.3, -0.25) is 4.79 Å². The van der Waals surface area contributed by atoms with Crippen molar-refractivity contribution in [1.29, 1.82) is 0 Å². The van der Waals surface area contributed by atoms with Gasteiger partial charge in [-0.2, -0.15) is 0 Å². The van der Waals surface area contributed by atoms with E-state index in [1.54, 1.807) is 0 Å². The van der Waals surface area contributed by atoms with E-state index in [-0.39, 0.29) is 17.9 Å². The standard InChI is InChI=1S/C16H24N2O2/c17-10-7-13-3-5-14(6-4-13)15(20)18-11-16(12-19)8-1-2-9-16/h3-6,19H,1-2,7-12,17H2,(H,18,20). The minimum absolute atomic E-state index is 0.0657. The Bertz CT molecular complexity index is 436. The smallest absolute Gasteiger partial charge is 0.251 e. The van der Waals surface area contributed by atoms with Crippen LogP contribution in [0.5, 0.6) is 0 Å². The zero-order chi connectivity index (χ0) is 14.4. The summed E-state index contributed by atoms with van der Waals surface area (Å²) < 4.78 is 0. The third-order valence-electron chi connectivity index (χ3n) is 4.27. The summed E-state index contributed by atoms with van der Waals surface area (Å²) in [6.07, 6.45) is 5.11. The number of aliphatic hydroxyl groups excluding tert-OH is 1. The van der Waals surface area contributed by atoms with Gasteiger partial charge in [0.25, 0.3) is 5.91 Å². The fourth-order valence-corrected chi connectivity index (χ4v) is 2.88. The minimum Gasteiger partial charge on any atom is -0.396 e. The van der Waals surface area contributed by atoms with Gasteiger partial charge in [0.1, 0.15) is 0 Å². The predicted octanol–water partition coefficient (Wildman–Crippen LogP) is 1.47. The van der Waals surface area contributed by atoms with E-state index in [0.29, 0.717) is 18.7 Å². The zero-order valence-corrected chi connectivity index (χ0v) is 11.9. The second-order valence-electron chi connectivity index (χ2n) is 5.78. The molecule has 1 aliphatic rings. The Morgan fingerprint density at radius 3 is 2.45 bits per heavy atom. The average molecular weight is 276 g/mol. The third kappa shape index (κ3) is 3.58. The molecule has 1 aromatic carbocycles. The van der Waals surface area contributed by atoms with Gasteiger partial charge in [0.2, 0.25) is 0 Å². The van der Waals surface area contributed by atoms with E-state index in [4.69, 9.17) is 5.73 Å². The number of nitrogens with one attached hydrogen (secondary N) is 1. The summed E-state index contributed by atoms with van der Waals surface area (Å²) >= 11 is 0. The molecule has 20 heavy (non-hydrogen) atoms. The molecule has 0 aliphatic heterocycles. The van der Waals surface area contributed by atoms with Crippen molar-refractivity contribution in [3.8, 4) is 0 Å². The molecule has 1 aromatic rings. The highest BCUT2D eigenvalue weighted by atomic mass is 16.3. The first-order chi connectivity index (χ1) is 9.69. The molecule has 2 rings (SSSR count). The van der Waals surface area contributed by atoms with Crippen molar-refractivity contribution in [2.45, 2.75) is 32.1 Å². The summed E-state index contributed by atoms with van der Waals surface area (Å²) in [6.45, 7) is 1.33. The topological polar surface area (TPSA) is 75.4 Å². The van der Waals surface area contributed by atoms with Crippen LogP contribution in [0, 0.1) is 5.41 Å². The number of benzene rings is 1. The Morgan fingerprint density at radius 2 is 1.90 bits per heavy atom. The van der Waals surface area contributed by atoms with Gasteiger partial charge < -0.3 is 16.2 Å². The molecule has 0 spiro atoms. The van der Waals surface area contributed by atoms with Gasteiger partial charge in [-0.05, 0) is 43.5 Å². The molecule has 1 amide bonds. The molecule has 110 valence electrons. The molecule has 0 atom stereocenters. The number of amides is 1. The zero-order valence-electron chi connectivity index (χ0n) is 11.9. The van der Waals surface area contributed by atoms with Crippen molar-refractivity contribution in [1.82, 2.24) is 5.32 Å². The lowest BCUT2D eigenvalue weighted by Gasteiger charge is -2.26. The van der Waals surface area contributed by atoms with E-state index in [1.807, 2.05) is 24.3 Å². The van der Waals surface area contributed by atoms with E-state index in [9.17, 15) is 9.90 Å². The van der Waals surface area contributed by atoms with E-state index in [1.165, 1.54) is 0 Å². The number of nitrogens with two attached hydrogens (primary N) is 1. The SMILES string of the molecule is NCCc1ccc(C(=O)NCC2(CO)CCCC2)cc1. The highest BCUT2D eigenvalue weighted by Gasteiger charge is 2.33. The Kier molecular flexibility index (Phi) is 5.15. The van der Waals surface area contributed by atoms with Crippen LogP contribution in [0.3, 0.4) is 0 Å². The Morgan fingerprint density at radius 1 is 1.25 bits per heavy atom. The lowest BCUT2D eigenvalue weighted by molar-refractivity contribution is 0.0880. The van der Waals surface area contributed by atoms with Crippen LogP contribution in [0.4, 0.5) is 0 Å². The maximum atomic E-state index is 12.1. The first-order valence-corrected chi connectivity index (χ1v) is 7.37. The van der Waals surface area contributed by atoms with Gasteiger partial charge in [0, 0.05) is 17.5 Å². The third-order valence-corrected chi connectivity index (χ3v) is 4.27. The summed E-state index contributed by atoms with van der Waals surface area (Å²) in [6, 6.07) is 7.56. The van der Waals surface area contributed by atoms with Crippen molar-refractivity contribution in [3.63, 3.8) is 0 Å². The molecule has 1 saturated carbocycles. The normalized spacial score (nSPS) is 17.1. The van der Waals surface area contributed by atoms with Gasteiger partial charge in [0.15, 0.2) is 0 Å². The highest BCUT2D eigenvalue weighted by molar-refractivity contribution is 5.94. The van der Waals surface area contributed by atoms with E-state index >= 15 is 0 Å². The maximum absolute atomic E-state index is 12.1. The van der Waals surface area contributed by atoms with Gasteiger partial charge in [-0.25, -0.2) is 0 Å². The van der Waals surface area contributed by atoms with Crippen molar-refractivity contribution in [2.75, 3.05) is 19.7 Å². The number of hydrogen-bond acceptors (Lipinski definition) is 3. The van der Waals surface area contributed by atoms with Crippen LogP contribution < -0.4 is 11.1 Å². The average Bonchev–Trinajstić information content (AvgIpc) is 2.95. The monoisotopic (exact) mass is 276 g/mol. The fraction of sp³-hybridized carbons (Fsp3) is 0.562. The van der Waals surface area contributed by atoms with Crippen LogP contribution in [0.2, 0.25) is 0 Å². The number of hydrogen-bond donors (Lipinski definition) is 3. The summed E-state index contributed by atoms with van der Waals surface area (Å²) in [5, 5.41) is 12.5. The molecule has 1 fully saturated rings. The van der Waals surface area contributed by atoms with Crippen molar-refractivity contribution in [3.05, 3.63) is 35.4 Å². The summed E-state index contributed by atoms with van der Waals surface area (Å²) in [5.74, 6) is -0.0657. The second-order valence-corrected chi connectivity index (χ2v) is 5.78. The predicted molar refractivity (Wildman–Crippen MR) is 79.5 cm³/mol. The molecule has 4 N–H and O–H groups in total. The molecule has 0 unspecified atom stereocenters. The molecule has 0 heterocycles. The van der Waals surface area contributed by atoms with E-state index < -0.39 is 0 Å². The Labute approximate surface area is 120 Å². The molecule has 0 saturated heterocycles. The second kappa shape index (κ2) is 6.86. The van der Waals surface area contributed by atoms with Gasteiger partial charge in [0.05, 0.1) is 6.61 Å². The van der Waals surface area contributed by atoms with Crippen LogP contribution in [0.15, 0.2) is 24.3 Å². The lowest BCUT2D eigenvalue weighted by atomic mass is 9.87. The van der Waals surface area contributed by atoms with Crippen LogP contribution in [0.1, 0.15) is 41.6 Å². The largest absolute Gasteiger partial charge is 0.396 e. The molecule has 0 bridgehead atoms. The first-order valence-electron chi connectivity index (χ1n) is 7.37. The van der Waals surface area contributed by atoms with Crippen molar-refractivity contribution >= 4 is 5.91 Å². The molecule has 0 aromatic heterocycles. The van der Waals surface area contributed by atoms with Gasteiger partial charge >= 0.3 is 0 Å². The molecular formula is C16H24N2O2. The first kappa shape index (κ1) is 15.0. The Hall–Kier alpha value is -1.39. The maximum Gasteiger partial charge on any atom is 0.251 e. The number of carbonyl (C=O) groups is 1. The van der Waals surface area contributed by atoms with Gasteiger partial charge in [-0.1, -0.05) is 25.0 Å². The molecule has 0 radical (unpaired) electrons. The van der Waals surface area contributed by atoms with Crippen LogP contribution in [0.25, 0.3) is 0 Å². The number of aliphatic hydroxyl groups is 1. The van der Waals surface area contributed by atoms with E-state index in [0.717, 1.165) is 37.7 Å². The van der Waals surface area contributed by atoms with Crippen molar-refractivity contribution in [2.24, 2.45) is 11.1 Å². The number of carbonyl (C=O) groups excluding carboxylic acids is 1. The van der Waals surface area contributed by atoms with Crippen LogP contribution >= 0.6 is 0 Å². The van der Waals surface area contributed by atoms with Crippen LogP contribution in [-0.2, 0) is 6.42 Å². The summed E-state index contributed by atoms with van der Waals surface area (Å²) in [5.41, 5.74) is 7.21. The number of rotatable bonds is 6. The molecule has 4 heteroatoms. The quantitative estimate of drug-likeness (QED) is 0.736. The summed E-state index contributed by atoms with van der Waals surface area (Å²) in [7, 11) is 0. The lowest BCUT2D eigenvalue weighted by Crippen LogP contribution is -2.38.